The molecule has 1 heterocycles. The predicted octanol–water partition coefficient (Wildman–Crippen LogP) is 7.04. The molecule has 0 spiro atoms. The van der Waals surface area contributed by atoms with Crippen LogP contribution in [0, 0.1) is 0 Å². The number of benzene rings is 3. The van der Waals surface area contributed by atoms with Crippen molar-refractivity contribution in [1.82, 2.24) is 9.80 Å². The van der Waals surface area contributed by atoms with E-state index in [1.54, 1.807) is 36.5 Å². The molecule has 8 heteroatoms. The van der Waals surface area contributed by atoms with E-state index in [0.717, 1.165) is 63.7 Å². The van der Waals surface area contributed by atoms with Gasteiger partial charge in [-0.1, -0.05) is 68.1 Å². The molecule has 1 saturated heterocycles. The van der Waals surface area contributed by atoms with Crippen LogP contribution in [-0.2, 0) is 16.4 Å². The number of hydrogen-bond donors (Lipinski definition) is 1. The van der Waals surface area contributed by atoms with Gasteiger partial charge in [0.2, 0.25) is 0 Å². The Morgan fingerprint density at radius 3 is 2.33 bits per heavy atom. The van der Waals surface area contributed by atoms with Gasteiger partial charge in [-0.3, -0.25) is 14.5 Å². The van der Waals surface area contributed by atoms with E-state index in [-0.39, 0.29) is 10.8 Å². The van der Waals surface area contributed by atoms with Crippen molar-refractivity contribution in [2.45, 2.75) is 69.1 Å². The maximum atomic E-state index is 13.6. The number of amides is 1. The van der Waals surface area contributed by atoms with E-state index >= 15 is 0 Å². The first-order chi connectivity index (χ1) is 20.9. The zero-order chi connectivity index (χ0) is 30.1. The fourth-order valence-corrected chi connectivity index (χ4v) is 7.59. The minimum atomic E-state index is -3.89. The normalized spacial score (nSPS) is 17.5. The van der Waals surface area contributed by atoms with E-state index < -0.39 is 10.0 Å². The summed E-state index contributed by atoms with van der Waals surface area (Å²) < 4.78 is 30.0. The summed E-state index contributed by atoms with van der Waals surface area (Å²) in [5.74, 6) is 0.298. The van der Waals surface area contributed by atoms with Gasteiger partial charge in [0, 0.05) is 43.6 Å². The molecular weight excluding hydrogens is 556 g/mol. The summed E-state index contributed by atoms with van der Waals surface area (Å²) in [6.45, 7) is 6.02. The topological polar surface area (TPSA) is 82.1 Å². The van der Waals surface area contributed by atoms with Gasteiger partial charge in [0.1, 0.15) is 4.90 Å². The number of nitrogens with one attached hydrogen (secondary N) is 1. The maximum absolute atomic E-state index is 13.6. The highest BCUT2D eigenvalue weighted by molar-refractivity contribution is 7.92. The molecule has 228 valence electrons. The van der Waals surface area contributed by atoms with Gasteiger partial charge in [-0.05, 0) is 86.5 Å². The Bertz CT molecular complexity index is 1480. The highest BCUT2D eigenvalue weighted by atomic mass is 32.2. The van der Waals surface area contributed by atoms with E-state index in [1.807, 2.05) is 30.0 Å². The second-order valence-corrected chi connectivity index (χ2v) is 13.3. The van der Waals surface area contributed by atoms with Crippen LogP contribution in [0.1, 0.15) is 79.3 Å². The van der Waals surface area contributed by atoms with Crippen molar-refractivity contribution in [3.05, 3.63) is 89.5 Å². The molecular formula is C35H44N4O3S. The van der Waals surface area contributed by atoms with Crippen LogP contribution in [0.3, 0.4) is 0 Å². The molecule has 0 radical (unpaired) electrons. The van der Waals surface area contributed by atoms with Crippen LogP contribution in [0.4, 0.5) is 11.4 Å². The quantitative estimate of drug-likeness (QED) is 0.211. The summed E-state index contributed by atoms with van der Waals surface area (Å²) in [5.41, 5.74) is 3.87. The van der Waals surface area contributed by atoms with E-state index in [2.05, 4.69) is 38.9 Å². The lowest BCUT2D eigenvalue weighted by Crippen LogP contribution is -2.35. The summed E-state index contributed by atoms with van der Waals surface area (Å²) in [6.07, 6.45) is 10.5. The average Bonchev–Trinajstić information content (AvgIpc) is 3.44. The number of anilines is 1. The lowest BCUT2D eigenvalue weighted by Gasteiger charge is -2.22. The Labute approximate surface area is 257 Å². The fraction of sp³-hybridized carbons (Fsp3) is 0.429. The molecule has 1 N–H and O–H groups in total. The van der Waals surface area contributed by atoms with Gasteiger partial charge >= 0.3 is 0 Å². The van der Waals surface area contributed by atoms with E-state index in [4.69, 9.17) is 0 Å². The van der Waals surface area contributed by atoms with Crippen LogP contribution >= 0.6 is 0 Å². The molecule has 2 aliphatic rings. The second kappa shape index (κ2) is 14.8. The number of aliphatic imine (C=N–C) groups is 1. The molecule has 7 nitrogen and oxygen atoms in total. The fourth-order valence-electron chi connectivity index (χ4n) is 6.35. The first-order valence-corrected chi connectivity index (χ1v) is 17.2. The van der Waals surface area contributed by atoms with Gasteiger partial charge in [0.15, 0.2) is 0 Å². The summed E-state index contributed by atoms with van der Waals surface area (Å²) in [5, 5.41) is 0. The molecule has 2 fully saturated rings. The molecule has 3 aromatic rings. The molecule has 0 atom stereocenters. The third kappa shape index (κ3) is 8.12. The van der Waals surface area contributed by atoms with Gasteiger partial charge in [-0.2, -0.15) is 0 Å². The zero-order valence-corrected chi connectivity index (χ0v) is 26.1. The monoisotopic (exact) mass is 600 g/mol. The first-order valence-electron chi connectivity index (χ1n) is 15.7. The molecule has 5 rings (SSSR count). The average molecular weight is 601 g/mol. The number of para-hydroxylation sites is 1. The van der Waals surface area contributed by atoms with Crippen LogP contribution in [0.25, 0.3) is 0 Å². The van der Waals surface area contributed by atoms with Crippen LogP contribution in [0.15, 0.2) is 82.7 Å². The van der Waals surface area contributed by atoms with Crippen molar-refractivity contribution in [1.29, 1.82) is 0 Å². The van der Waals surface area contributed by atoms with Crippen LogP contribution in [-0.4, -0.2) is 63.1 Å². The van der Waals surface area contributed by atoms with E-state index in [0.29, 0.717) is 35.9 Å². The Balaban J connectivity index is 1.23. The van der Waals surface area contributed by atoms with Crippen molar-refractivity contribution >= 4 is 33.5 Å². The molecule has 1 saturated carbocycles. The highest BCUT2D eigenvalue weighted by Crippen LogP contribution is 2.40. The maximum Gasteiger partial charge on any atom is 0.264 e. The molecule has 0 unspecified atom stereocenters. The Morgan fingerprint density at radius 1 is 0.860 bits per heavy atom. The molecule has 0 bridgehead atoms. The zero-order valence-electron chi connectivity index (χ0n) is 25.2. The number of sulfonamides is 1. The molecule has 1 aliphatic heterocycles. The lowest BCUT2D eigenvalue weighted by molar-refractivity contribution is 0.0761. The van der Waals surface area contributed by atoms with Crippen molar-refractivity contribution in [2.24, 2.45) is 4.99 Å². The van der Waals surface area contributed by atoms with Gasteiger partial charge in [-0.15, -0.1) is 0 Å². The first kappa shape index (κ1) is 31.0. The molecule has 1 aliphatic carbocycles. The van der Waals surface area contributed by atoms with Crippen LogP contribution in [0.2, 0.25) is 0 Å². The summed E-state index contributed by atoms with van der Waals surface area (Å²) in [6, 6.07) is 22.8. The summed E-state index contributed by atoms with van der Waals surface area (Å²) in [4.78, 5) is 22.4. The number of carbonyl (C=O) groups excluding carboxylic acids is 1. The molecule has 1 amide bonds. The van der Waals surface area contributed by atoms with Crippen molar-refractivity contribution in [2.75, 3.05) is 37.4 Å². The highest BCUT2D eigenvalue weighted by Gasteiger charge is 2.25. The largest absolute Gasteiger partial charge is 0.337 e. The summed E-state index contributed by atoms with van der Waals surface area (Å²) in [7, 11) is -3.89. The van der Waals surface area contributed by atoms with Gasteiger partial charge < -0.3 is 9.80 Å². The standard InChI is InChI=1S/C35H44N4O3S/c1-2-36-34-32(29-14-8-3-4-9-15-29)16-10-17-33(34)43(41,42)37-31-20-18-30(19-21-31)35(40)39-24-11-23-38(26-27-39)25-22-28-12-6-5-7-13-28/h2,5-7,10,12-13,16-21,29,37H,3-4,8-9,11,14-15,22-27H2,1H3. The van der Waals surface area contributed by atoms with Crippen LogP contribution < -0.4 is 4.72 Å². The molecule has 3 aromatic carbocycles. The number of rotatable bonds is 9. The van der Waals surface area contributed by atoms with Crippen molar-refractivity contribution in [3.63, 3.8) is 0 Å². The Morgan fingerprint density at radius 2 is 1.60 bits per heavy atom. The van der Waals surface area contributed by atoms with Crippen molar-refractivity contribution in [3.8, 4) is 0 Å². The third-order valence-electron chi connectivity index (χ3n) is 8.69. The minimum Gasteiger partial charge on any atom is -0.337 e. The Hall–Kier alpha value is -3.49. The van der Waals surface area contributed by atoms with E-state index in [1.165, 1.54) is 18.4 Å². The van der Waals surface area contributed by atoms with E-state index in [9.17, 15) is 13.2 Å². The number of carbonyl (C=O) groups is 1. The second-order valence-electron chi connectivity index (χ2n) is 11.7. The number of hydrogen-bond acceptors (Lipinski definition) is 5. The van der Waals surface area contributed by atoms with Gasteiger partial charge in [-0.25, -0.2) is 8.42 Å². The SMILES string of the molecule is CC=Nc1c(C2CCCCCC2)cccc1S(=O)(=O)Nc1ccc(C(=O)N2CCCN(CCc3ccccc3)CC2)cc1. The van der Waals surface area contributed by atoms with Crippen LogP contribution in [0.5, 0.6) is 0 Å². The Kier molecular flexibility index (Phi) is 10.7. The smallest absolute Gasteiger partial charge is 0.264 e. The predicted molar refractivity (Wildman–Crippen MR) is 175 cm³/mol. The third-order valence-corrected chi connectivity index (χ3v) is 10.1. The number of nitrogens with zero attached hydrogens (tertiary/aromatic N) is 3. The van der Waals surface area contributed by atoms with Gasteiger partial charge in [0.25, 0.3) is 15.9 Å². The minimum absolute atomic E-state index is 0.0185. The molecule has 0 aromatic heterocycles. The summed E-state index contributed by atoms with van der Waals surface area (Å²) >= 11 is 0. The van der Waals surface area contributed by atoms with Crippen molar-refractivity contribution < 1.29 is 13.2 Å². The van der Waals surface area contributed by atoms with Gasteiger partial charge in [0.05, 0.1) is 5.69 Å². The molecule has 43 heavy (non-hydrogen) atoms. The lowest BCUT2D eigenvalue weighted by atomic mass is 9.90.